The number of benzene rings is 2. The molecule has 1 heterocycles. The van der Waals surface area contributed by atoms with Gasteiger partial charge in [0.1, 0.15) is 12.4 Å². The number of nitrogens with one attached hydrogen (secondary N) is 1. The van der Waals surface area contributed by atoms with Gasteiger partial charge in [0.15, 0.2) is 5.69 Å². The Morgan fingerprint density at radius 1 is 1.08 bits per heavy atom. The fraction of sp³-hybridized carbons (Fsp3) is 0.150. The molecule has 0 radical (unpaired) electrons. The molecule has 1 N–H and O–H groups in total. The van der Waals surface area contributed by atoms with E-state index in [2.05, 4.69) is 10.4 Å². The van der Waals surface area contributed by atoms with Gasteiger partial charge in [-0.3, -0.25) is 9.59 Å². The van der Waals surface area contributed by atoms with E-state index in [1.54, 1.807) is 11.6 Å². The lowest BCUT2D eigenvalue weighted by atomic mass is 10.2. The highest BCUT2D eigenvalue weighted by molar-refractivity contribution is 5.92. The van der Waals surface area contributed by atoms with Crippen LogP contribution >= 0.6 is 0 Å². The molecule has 6 heteroatoms. The first-order valence-corrected chi connectivity index (χ1v) is 8.27. The molecule has 1 aromatic heterocycles. The van der Waals surface area contributed by atoms with Gasteiger partial charge in [-0.1, -0.05) is 36.4 Å². The Labute approximate surface area is 151 Å². The summed E-state index contributed by atoms with van der Waals surface area (Å²) in [5, 5.41) is 6.90. The molecule has 0 fully saturated rings. The van der Waals surface area contributed by atoms with Crippen molar-refractivity contribution in [2.45, 2.75) is 6.92 Å². The van der Waals surface area contributed by atoms with Crippen LogP contribution in [0, 0.1) is 6.92 Å². The van der Waals surface area contributed by atoms with Crippen molar-refractivity contribution < 1.29 is 9.53 Å². The molecule has 0 bridgehead atoms. The largest absolute Gasteiger partial charge is 0.492 e. The number of carbonyl (C=O) groups is 1. The smallest absolute Gasteiger partial charge is 0.275 e. The van der Waals surface area contributed by atoms with Gasteiger partial charge in [0.25, 0.3) is 5.91 Å². The molecule has 3 rings (SSSR count). The molecule has 6 nitrogen and oxygen atoms in total. The van der Waals surface area contributed by atoms with Gasteiger partial charge in [-0.15, -0.1) is 0 Å². The van der Waals surface area contributed by atoms with Gasteiger partial charge in [-0.25, -0.2) is 4.68 Å². The van der Waals surface area contributed by atoms with E-state index in [-0.39, 0.29) is 12.2 Å². The summed E-state index contributed by atoms with van der Waals surface area (Å²) in [7, 11) is 0. The summed E-state index contributed by atoms with van der Waals surface area (Å²) in [6, 6.07) is 20.1. The molecule has 0 saturated carbocycles. The first-order valence-electron chi connectivity index (χ1n) is 8.27. The van der Waals surface area contributed by atoms with E-state index in [1.807, 2.05) is 60.7 Å². The van der Waals surface area contributed by atoms with Crippen LogP contribution in [-0.4, -0.2) is 28.8 Å². The fourth-order valence-corrected chi connectivity index (χ4v) is 2.47. The van der Waals surface area contributed by atoms with E-state index in [4.69, 9.17) is 4.74 Å². The second kappa shape index (κ2) is 8.11. The second-order valence-electron chi connectivity index (χ2n) is 5.66. The van der Waals surface area contributed by atoms with E-state index < -0.39 is 11.3 Å². The summed E-state index contributed by atoms with van der Waals surface area (Å²) < 4.78 is 7.10. The number of hydrogen-bond donors (Lipinski definition) is 1. The summed E-state index contributed by atoms with van der Waals surface area (Å²) in [6.07, 6.45) is 0. The predicted octanol–water partition coefficient (Wildman–Crippen LogP) is 2.35. The van der Waals surface area contributed by atoms with Crippen LogP contribution in [0.15, 0.2) is 71.5 Å². The summed E-state index contributed by atoms with van der Waals surface area (Å²) in [5.41, 5.74) is 0.895. The standard InChI is InChI=1S/C20H19N3O3/c1-15-14-18(24)19(22-23(15)16-8-4-2-5-9-16)20(25)21-12-13-26-17-10-6-3-7-11-17/h2-11,14H,12-13H2,1H3,(H,21,25). The van der Waals surface area contributed by atoms with Gasteiger partial charge in [0.05, 0.1) is 12.2 Å². The molecule has 26 heavy (non-hydrogen) atoms. The lowest BCUT2D eigenvalue weighted by molar-refractivity contribution is 0.0939. The zero-order chi connectivity index (χ0) is 18.4. The van der Waals surface area contributed by atoms with Crippen molar-refractivity contribution >= 4 is 5.91 Å². The topological polar surface area (TPSA) is 73.2 Å². The van der Waals surface area contributed by atoms with Gasteiger partial charge >= 0.3 is 0 Å². The second-order valence-corrected chi connectivity index (χ2v) is 5.66. The Bertz CT molecular complexity index is 938. The summed E-state index contributed by atoms with van der Waals surface area (Å²) >= 11 is 0. The Hall–Kier alpha value is -3.41. The molecule has 132 valence electrons. The van der Waals surface area contributed by atoms with E-state index in [9.17, 15) is 9.59 Å². The SMILES string of the molecule is Cc1cc(=O)c(C(=O)NCCOc2ccccc2)nn1-c1ccccc1. The molecule has 0 atom stereocenters. The van der Waals surface area contributed by atoms with E-state index >= 15 is 0 Å². The first-order chi connectivity index (χ1) is 12.6. The highest BCUT2D eigenvalue weighted by Crippen LogP contribution is 2.08. The predicted molar refractivity (Wildman–Crippen MR) is 98.8 cm³/mol. The summed E-state index contributed by atoms with van der Waals surface area (Å²) in [6.45, 7) is 2.35. The van der Waals surface area contributed by atoms with Crippen LogP contribution in [0.25, 0.3) is 5.69 Å². The van der Waals surface area contributed by atoms with Crippen molar-refractivity contribution in [3.8, 4) is 11.4 Å². The van der Waals surface area contributed by atoms with Crippen molar-refractivity contribution in [3.05, 3.63) is 88.3 Å². The van der Waals surface area contributed by atoms with E-state index in [0.717, 1.165) is 11.4 Å². The number of aromatic nitrogens is 2. The van der Waals surface area contributed by atoms with Crippen molar-refractivity contribution in [2.24, 2.45) is 0 Å². The molecule has 0 spiro atoms. The number of carbonyl (C=O) groups excluding carboxylic acids is 1. The molecular formula is C20H19N3O3. The maximum Gasteiger partial charge on any atom is 0.275 e. The number of amides is 1. The number of rotatable bonds is 6. The minimum absolute atomic E-state index is 0.140. The zero-order valence-electron chi connectivity index (χ0n) is 14.4. The van der Waals surface area contributed by atoms with Crippen molar-refractivity contribution in [1.82, 2.24) is 15.1 Å². The van der Waals surface area contributed by atoms with Crippen molar-refractivity contribution in [1.29, 1.82) is 0 Å². The highest BCUT2D eigenvalue weighted by atomic mass is 16.5. The van der Waals surface area contributed by atoms with Crippen molar-refractivity contribution in [3.63, 3.8) is 0 Å². The Morgan fingerprint density at radius 3 is 2.42 bits per heavy atom. The Balaban J connectivity index is 1.68. The van der Waals surface area contributed by atoms with Gasteiger partial charge < -0.3 is 10.1 Å². The molecule has 3 aromatic rings. The van der Waals surface area contributed by atoms with Crippen LogP contribution in [0.5, 0.6) is 5.75 Å². The number of aryl methyl sites for hydroxylation is 1. The number of para-hydroxylation sites is 2. The minimum atomic E-state index is -0.517. The number of hydrogen-bond acceptors (Lipinski definition) is 4. The van der Waals surface area contributed by atoms with Gasteiger partial charge in [-0.05, 0) is 31.2 Å². The lowest BCUT2D eigenvalue weighted by Crippen LogP contribution is -2.34. The molecule has 1 amide bonds. The molecule has 0 aliphatic heterocycles. The minimum Gasteiger partial charge on any atom is -0.492 e. The quantitative estimate of drug-likeness (QED) is 0.693. The van der Waals surface area contributed by atoms with Crippen LogP contribution in [0.1, 0.15) is 16.2 Å². The number of ether oxygens (including phenoxy) is 1. The van der Waals surface area contributed by atoms with E-state index in [1.165, 1.54) is 6.07 Å². The van der Waals surface area contributed by atoms with Gasteiger partial charge in [0.2, 0.25) is 5.43 Å². The van der Waals surface area contributed by atoms with Crippen LogP contribution < -0.4 is 15.5 Å². The lowest BCUT2D eigenvalue weighted by Gasteiger charge is -2.11. The number of nitrogens with zero attached hydrogens (tertiary/aromatic N) is 2. The maximum atomic E-state index is 12.3. The van der Waals surface area contributed by atoms with Crippen LogP contribution in [0.3, 0.4) is 0 Å². The van der Waals surface area contributed by atoms with Crippen LogP contribution in [0.4, 0.5) is 0 Å². The normalized spacial score (nSPS) is 10.3. The first kappa shape index (κ1) is 17.4. The summed E-state index contributed by atoms with van der Waals surface area (Å²) in [4.78, 5) is 24.5. The molecule has 0 aliphatic rings. The Kier molecular flexibility index (Phi) is 5.43. The maximum absolute atomic E-state index is 12.3. The average molecular weight is 349 g/mol. The monoisotopic (exact) mass is 349 g/mol. The molecular weight excluding hydrogens is 330 g/mol. The fourth-order valence-electron chi connectivity index (χ4n) is 2.47. The third-order valence-corrected chi connectivity index (χ3v) is 3.72. The third-order valence-electron chi connectivity index (χ3n) is 3.72. The zero-order valence-corrected chi connectivity index (χ0v) is 14.4. The van der Waals surface area contributed by atoms with Crippen molar-refractivity contribution in [2.75, 3.05) is 13.2 Å². The molecule has 2 aromatic carbocycles. The van der Waals surface area contributed by atoms with Crippen LogP contribution in [0.2, 0.25) is 0 Å². The van der Waals surface area contributed by atoms with Gasteiger partial charge in [-0.2, -0.15) is 5.10 Å². The average Bonchev–Trinajstić information content (AvgIpc) is 2.67. The Morgan fingerprint density at radius 2 is 1.73 bits per heavy atom. The third kappa shape index (κ3) is 4.16. The molecule has 0 aliphatic carbocycles. The summed E-state index contributed by atoms with van der Waals surface area (Å²) in [5.74, 6) is 0.206. The van der Waals surface area contributed by atoms with Gasteiger partial charge in [0, 0.05) is 11.8 Å². The van der Waals surface area contributed by atoms with E-state index in [0.29, 0.717) is 12.3 Å². The van der Waals surface area contributed by atoms with Crippen LogP contribution in [-0.2, 0) is 0 Å². The highest BCUT2D eigenvalue weighted by Gasteiger charge is 2.14. The molecule has 0 unspecified atom stereocenters. The molecule has 0 saturated heterocycles.